The van der Waals surface area contributed by atoms with Crippen molar-refractivity contribution in [1.29, 1.82) is 0 Å². The summed E-state index contributed by atoms with van der Waals surface area (Å²) >= 11 is 4.45. The van der Waals surface area contributed by atoms with Crippen molar-refractivity contribution in [3.05, 3.63) is 39.2 Å². The van der Waals surface area contributed by atoms with Crippen LogP contribution in [0.4, 0.5) is 4.79 Å². The van der Waals surface area contributed by atoms with Gasteiger partial charge in [0.25, 0.3) is 11.1 Å². The first-order valence-corrected chi connectivity index (χ1v) is 9.59. The van der Waals surface area contributed by atoms with Crippen LogP contribution in [0.1, 0.15) is 44.6 Å². The van der Waals surface area contributed by atoms with Gasteiger partial charge in [-0.2, -0.15) is 0 Å². The second-order valence-electron chi connectivity index (χ2n) is 6.69. The van der Waals surface area contributed by atoms with Gasteiger partial charge in [0.1, 0.15) is 0 Å². The molecule has 1 aliphatic carbocycles. The predicted octanol–water partition coefficient (Wildman–Crippen LogP) is 5.46. The Bertz CT molecular complexity index is 647. The van der Waals surface area contributed by atoms with E-state index in [9.17, 15) is 9.59 Å². The van der Waals surface area contributed by atoms with E-state index in [4.69, 9.17) is 0 Å². The number of halogens is 1. The van der Waals surface area contributed by atoms with Crippen LogP contribution in [0.3, 0.4) is 0 Å². The Morgan fingerprint density at radius 3 is 2.48 bits per heavy atom. The van der Waals surface area contributed by atoms with Crippen molar-refractivity contribution in [2.45, 2.75) is 39.0 Å². The lowest BCUT2D eigenvalue weighted by Gasteiger charge is -2.35. The summed E-state index contributed by atoms with van der Waals surface area (Å²) in [6, 6.07) is 7.72. The average Bonchev–Trinajstić information content (AvgIpc) is 2.78. The van der Waals surface area contributed by atoms with Gasteiger partial charge in [0, 0.05) is 11.0 Å². The predicted molar refractivity (Wildman–Crippen MR) is 98.0 cm³/mol. The molecule has 0 N–H and O–H groups in total. The Hall–Kier alpha value is -1.07. The first-order valence-electron chi connectivity index (χ1n) is 7.98. The summed E-state index contributed by atoms with van der Waals surface area (Å²) in [4.78, 5) is 26.9. The van der Waals surface area contributed by atoms with Gasteiger partial charge in [-0.3, -0.25) is 14.5 Å². The van der Waals surface area contributed by atoms with E-state index in [0.717, 1.165) is 34.6 Å². The van der Waals surface area contributed by atoms with Crippen LogP contribution in [0.5, 0.6) is 0 Å². The standard InChI is InChI=1S/C18H20BrNO2S/c1-18(9-3-2-4-10-18)12-20-16(21)15(23-17(20)22)11-13-5-7-14(19)8-6-13/h5-8,11H,2-4,9-10,12H2,1H3/b15-11+. The topological polar surface area (TPSA) is 37.4 Å². The molecule has 2 aliphatic rings. The summed E-state index contributed by atoms with van der Waals surface area (Å²) in [6.07, 6.45) is 7.66. The zero-order valence-electron chi connectivity index (χ0n) is 13.2. The molecule has 23 heavy (non-hydrogen) atoms. The molecule has 1 saturated carbocycles. The molecular formula is C18H20BrNO2S. The number of carbonyl (C=O) groups is 2. The van der Waals surface area contributed by atoms with Gasteiger partial charge < -0.3 is 0 Å². The third-order valence-electron chi connectivity index (χ3n) is 4.64. The van der Waals surface area contributed by atoms with Gasteiger partial charge in [0.05, 0.1) is 4.91 Å². The summed E-state index contributed by atoms with van der Waals surface area (Å²) in [5, 5.41) is -0.134. The van der Waals surface area contributed by atoms with Crippen molar-refractivity contribution in [1.82, 2.24) is 4.90 Å². The van der Waals surface area contributed by atoms with Gasteiger partial charge in [0.15, 0.2) is 0 Å². The summed E-state index contributed by atoms with van der Waals surface area (Å²) in [6.45, 7) is 2.75. The lowest BCUT2D eigenvalue weighted by molar-refractivity contribution is -0.124. The zero-order valence-corrected chi connectivity index (χ0v) is 15.6. The third-order valence-corrected chi connectivity index (χ3v) is 6.08. The van der Waals surface area contributed by atoms with Crippen LogP contribution in [0.2, 0.25) is 0 Å². The average molecular weight is 394 g/mol. The molecule has 3 rings (SSSR count). The maximum Gasteiger partial charge on any atom is 0.293 e. The number of hydrogen-bond donors (Lipinski definition) is 0. The molecule has 122 valence electrons. The fraction of sp³-hybridized carbons (Fsp3) is 0.444. The highest BCUT2D eigenvalue weighted by molar-refractivity contribution is 9.10. The Labute approximate surface area is 149 Å². The molecule has 2 amide bonds. The maximum absolute atomic E-state index is 12.6. The SMILES string of the molecule is CC1(CN2C(=O)S/C(=C/c3ccc(Br)cc3)C2=O)CCCCC1. The third kappa shape index (κ3) is 3.89. The summed E-state index contributed by atoms with van der Waals surface area (Å²) in [7, 11) is 0. The fourth-order valence-electron chi connectivity index (χ4n) is 3.29. The highest BCUT2D eigenvalue weighted by atomic mass is 79.9. The fourth-order valence-corrected chi connectivity index (χ4v) is 4.39. The normalized spacial score (nSPS) is 22.9. The molecule has 0 unspecified atom stereocenters. The molecule has 0 atom stereocenters. The number of carbonyl (C=O) groups excluding carboxylic acids is 2. The number of benzene rings is 1. The molecule has 1 aromatic rings. The van der Waals surface area contributed by atoms with Gasteiger partial charge in [0.2, 0.25) is 0 Å². The van der Waals surface area contributed by atoms with E-state index in [2.05, 4.69) is 22.9 Å². The van der Waals surface area contributed by atoms with Crippen LogP contribution in [0.15, 0.2) is 33.6 Å². The molecule has 2 fully saturated rings. The second-order valence-corrected chi connectivity index (χ2v) is 8.60. The molecule has 1 aliphatic heterocycles. The van der Waals surface area contributed by atoms with E-state index in [1.807, 2.05) is 24.3 Å². The zero-order chi connectivity index (χ0) is 16.4. The quantitative estimate of drug-likeness (QED) is 0.640. The van der Waals surface area contributed by atoms with Crippen molar-refractivity contribution in [3.63, 3.8) is 0 Å². The van der Waals surface area contributed by atoms with Gasteiger partial charge in [-0.15, -0.1) is 0 Å². The molecule has 1 saturated heterocycles. The van der Waals surface area contributed by atoms with Gasteiger partial charge in [-0.1, -0.05) is 54.2 Å². The lowest BCUT2D eigenvalue weighted by atomic mass is 9.75. The van der Waals surface area contributed by atoms with Gasteiger partial charge >= 0.3 is 0 Å². The van der Waals surface area contributed by atoms with Crippen LogP contribution < -0.4 is 0 Å². The minimum atomic E-state index is -0.144. The minimum absolute atomic E-state index is 0.0805. The van der Waals surface area contributed by atoms with E-state index < -0.39 is 0 Å². The Morgan fingerprint density at radius 2 is 1.83 bits per heavy atom. The molecule has 0 aromatic heterocycles. The minimum Gasteiger partial charge on any atom is -0.268 e. The van der Waals surface area contributed by atoms with Crippen LogP contribution in [-0.4, -0.2) is 22.6 Å². The Kier molecular flexibility index (Phi) is 4.97. The second kappa shape index (κ2) is 6.81. The van der Waals surface area contributed by atoms with E-state index in [-0.39, 0.29) is 16.6 Å². The van der Waals surface area contributed by atoms with Crippen LogP contribution in [0, 0.1) is 5.41 Å². The largest absolute Gasteiger partial charge is 0.293 e. The highest BCUT2D eigenvalue weighted by Gasteiger charge is 2.40. The Morgan fingerprint density at radius 1 is 1.17 bits per heavy atom. The van der Waals surface area contributed by atoms with Crippen LogP contribution >= 0.6 is 27.7 Å². The molecule has 0 radical (unpaired) electrons. The molecule has 0 spiro atoms. The molecular weight excluding hydrogens is 374 g/mol. The number of nitrogens with zero attached hydrogens (tertiary/aromatic N) is 1. The highest BCUT2D eigenvalue weighted by Crippen LogP contribution is 2.40. The van der Waals surface area contributed by atoms with Crippen molar-refractivity contribution in [3.8, 4) is 0 Å². The summed E-state index contributed by atoms with van der Waals surface area (Å²) in [5.41, 5.74) is 1.01. The first kappa shape index (κ1) is 16.8. The van der Waals surface area contributed by atoms with Crippen molar-refractivity contribution in [2.75, 3.05) is 6.54 Å². The van der Waals surface area contributed by atoms with Crippen LogP contribution in [0.25, 0.3) is 6.08 Å². The van der Waals surface area contributed by atoms with E-state index in [0.29, 0.717) is 11.4 Å². The lowest BCUT2D eigenvalue weighted by Crippen LogP contribution is -2.39. The number of thioether (sulfide) groups is 1. The van der Waals surface area contributed by atoms with Gasteiger partial charge in [-0.25, -0.2) is 0 Å². The monoisotopic (exact) mass is 393 g/mol. The van der Waals surface area contributed by atoms with Crippen molar-refractivity contribution < 1.29 is 9.59 Å². The first-order chi connectivity index (χ1) is 11.0. The number of amides is 2. The number of rotatable bonds is 3. The van der Waals surface area contributed by atoms with E-state index in [1.165, 1.54) is 24.2 Å². The maximum atomic E-state index is 12.6. The van der Waals surface area contributed by atoms with Crippen molar-refractivity contribution >= 4 is 44.9 Å². The van der Waals surface area contributed by atoms with E-state index >= 15 is 0 Å². The van der Waals surface area contributed by atoms with Crippen molar-refractivity contribution in [2.24, 2.45) is 5.41 Å². The summed E-state index contributed by atoms with van der Waals surface area (Å²) in [5.74, 6) is -0.144. The smallest absolute Gasteiger partial charge is 0.268 e. The molecule has 1 heterocycles. The van der Waals surface area contributed by atoms with Crippen LogP contribution in [-0.2, 0) is 4.79 Å². The molecule has 5 heteroatoms. The molecule has 0 bridgehead atoms. The van der Waals surface area contributed by atoms with E-state index in [1.54, 1.807) is 6.08 Å². The molecule has 3 nitrogen and oxygen atoms in total. The Balaban J connectivity index is 1.75. The molecule has 1 aromatic carbocycles. The number of hydrogen-bond acceptors (Lipinski definition) is 3. The van der Waals surface area contributed by atoms with Gasteiger partial charge in [-0.05, 0) is 53.8 Å². The number of imide groups is 1. The summed E-state index contributed by atoms with van der Waals surface area (Å²) < 4.78 is 0.993.